The summed E-state index contributed by atoms with van der Waals surface area (Å²) in [7, 11) is -3.63. The Hall–Kier alpha value is -2.92. The van der Waals surface area contributed by atoms with Crippen LogP contribution in [0.5, 0.6) is 0 Å². The van der Waals surface area contributed by atoms with Crippen LogP contribution in [0.15, 0.2) is 96.2 Å². The number of benzene rings is 2. The summed E-state index contributed by atoms with van der Waals surface area (Å²) in [6, 6.07) is 23.4. The van der Waals surface area contributed by atoms with E-state index in [4.69, 9.17) is 0 Å². The van der Waals surface area contributed by atoms with Crippen molar-refractivity contribution in [2.24, 2.45) is 0 Å². The normalized spacial score (nSPS) is 13.0. The maximum atomic E-state index is 13.4. The van der Waals surface area contributed by atoms with E-state index in [-0.39, 0.29) is 0 Å². The molecular formula is C20H16N2O2S. The number of pyridine rings is 1. The van der Waals surface area contributed by atoms with Crippen LogP contribution < -0.4 is 0 Å². The molecule has 5 heteroatoms. The molecule has 0 aliphatic heterocycles. The zero-order valence-electron chi connectivity index (χ0n) is 13.4. The van der Waals surface area contributed by atoms with Crippen LogP contribution in [0.4, 0.5) is 0 Å². The first-order valence-electron chi connectivity index (χ1n) is 7.94. The van der Waals surface area contributed by atoms with Gasteiger partial charge in [-0.25, -0.2) is 13.4 Å². The van der Waals surface area contributed by atoms with Crippen molar-refractivity contribution in [3.05, 3.63) is 103 Å². The lowest BCUT2D eigenvalue weighted by Crippen LogP contribution is -2.17. The van der Waals surface area contributed by atoms with Crippen molar-refractivity contribution in [2.45, 2.75) is 10.1 Å². The highest BCUT2D eigenvalue weighted by molar-refractivity contribution is 7.91. The minimum atomic E-state index is -3.63. The zero-order valence-corrected chi connectivity index (χ0v) is 14.2. The lowest BCUT2D eigenvalue weighted by Gasteiger charge is -2.18. The second-order valence-electron chi connectivity index (χ2n) is 5.76. The standard InChI is InChI=1S/C20H16N2O2S/c23-25(24,17-11-5-2-6-12-17)20(16-9-3-1-4-10-16)18-15-21-19-13-7-8-14-22(18)19/h1-15,20H. The van der Waals surface area contributed by atoms with Gasteiger partial charge in [0.1, 0.15) is 10.9 Å². The Morgan fingerprint density at radius 3 is 2.16 bits per heavy atom. The van der Waals surface area contributed by atoms with E-state index in [1.165, 1.54) is 0 Å². The van der Waals surface area contributed by atoms with Gasteiger partial charge in [0.2, 0.25) is 0 Å². The van der Waals surface area contributed by atoms with Gasteiger partial charge in [-0.05, 0) is 29.8 Å². The number of hydrogen-bond donors (Lipinski definition) is 0. The van der Waals surface area contributed by atoms with Gasteiger partial charge in [0, 0.05) is 6.20 Å². The minimum absolute atomic E-state index is 0.301. The Morgan fingerprint density at radius 1 is 0.800 bits per heavy atom. The van der Waals surface area contributed by atoms with Crippen LogP contribution >= 0.6 is 0 Å². The molecule has 0 saturated heterocycles. The highest BCUT2D eigenvalue weighted by atomic mass is 32.2. The van der Waals surface area contributed by atoms with Gasteiger partial charge < -0.3 is 4.40 Å². The smallest absolute Gasteiger partial charge is 0.191 e. The summed E-state index contributed by atoms with van der Waals surface area (Å²) in [5.74, 6) is 0. The predicted molar refractivity (Wildman–Crippen MR) is 97.1 cm³/mol. The summed E-state index contributed by atoms with van der Waals surface area (Å²) in [6.45, 7) is 0. The molecule has 0 radical (unpaired) electrons. The molecule has 2 heterocycles. The number of hydrogen-bond acceptors (Lipinski definition) is 3. The fraction of sp³-hybridized carbons (Fsp3) is 0.0500. The molecule has 4 nitrogen and oxygen atoms in total. The van der Waals surface area contributed by atoms with Crippen LogP contribution in [0.25, 0.3) is 5.65 Å². The number of fused-ring (bicyclic) bond motifs is 1. The molecular weight excluding hydrogens is 332 g/mol. The Morgan fingerprint density at radius 2 is 1.44 bits per heavy atom. The topological polar surface area (TPSA) is 51.4 Å². The molecule has 4 aromatic rings. The molecule has 0 bridgehead atoms. The molecule has 0 aliphatic rings. The second kappa shape index (κ2) is 6.18. The van der Waals surface area contributed by atoms with Crippen LogP contribution in [-0.2, 0) is 9.84 Å². The maximum Gasteiger partial charge on any atom is 0.191 e. The zero-order chi connectivity index (χ0) is 17.3. The monoisotopic (exact) mass is 348 g/mol. The second-order valence-corrected chi connectivity index (χ2v) is 7.79. The third-order valence-electron chi connectivity index (χ3n) is 4.20. The van der Waals surface area contributed by atoms with Crippen LogP contribution in [0.1, 0.15) is 16.5 Å². The van der Waals surface area contributed by atoms with Gasteiger partial charge in [0.15, 0.2) is 9.84 Å². The van der Waals surface area contributed by atoms with E-state index in [1.54, 1.807) is 30.5 Å². The van der Waals surface area contributed by atoms with Crippen molar-refractivity contribution in [3.63, 3.8) is 0 Å². The summed E-state index contributed by atoms with van der Waals surface area (Å²) >= 11 is 0. The van der Waals surface area contributed by atoms with Crippen molar-refractivity contribution in [3.8, 4) is 0 Å². The fourth-order valence-corrected chi connectivity index (χ4v) is 4.85. The molecule has 1 atom stereocenters. The van der Waals surface area contributed by atoms with Gasteiger partial charge in [-0.3, -0.25) is 0 Å². The van der Waals surface area contributed by atoms with Crippen molar-refractivity contribution in [1.29, 1.82) is 0 Å². The van der Waals surface area contributed by atoms with Crippen LogP contribution in [0.3, 0.4) is 0 Å². The van der Waals surface area contributed by atoms with Crippen LogP contribution in [0, 0.1) is 0 Å². The van der Waals surface area contributed by atoms with E-state index in [0.29, 0.717) is 10.6 Å². The van der Waals surface area contributed by atoms with Gasteiger partial charge in [-0.15, -0.1) is 0 Å². The Bertz CT molecular complexity index is 1100. The number of rotatable bonds is 4. The average molecular weight is 348 g/mol. The highest BCUT2D eigenvalue weighted by Gasteiger charge is 2.32. The van der Waals surface area contributed by atoms with Crippen molar-refractivity contribution < 1.29 is 8.42 Å². The number of aromatic nitrogens is 2. The maximum absolute atomic E-state index is 13.4. The molecule has 1 unspecified atom stereocenters. The Balaban J connectivity index is 1.98. The summed E-state index contributed by atoms with van der Waals surface area (Å²) in [6.07, 6.45) is 3.49. The first kappa shape index (κ1) is 15.6. The molecule has 0 fully saturated rings. The van der Waals surface area contributed by atoms with Gasteiger partial charge in [-0.2, -0.15) is 0 Å². The van der Waals surface area contributed by atoms with E-state index >= 15 is 0 Å². The molecule has 25 heavy (non-hydrogen) atoms. The van der Waals surface area contributed by atoms with Crippen molar-refractivity contribution >= 4 is 15.5 Å². The molecule has 0 aliphatic carbocycles. The predicted octanol–water partition coefficient (Wildman–Crippen LogP) is 3.90. The quantitative estimate of drug-likeness (QED) is 0.562. The molecule has 2 aromatic carbocycles. The summed E-state index contributed by atoms with van der Waals surface area (Å²) < 4.78 is 28.7. The minimum Gasteiger partial charge on any atom is -0.302 e. The van der Waals surface area contributed by atoms with Gasteiger partial charge >= 0.3 is 0 Å². The first-order valence-corrected chi connectivity index (χ1v) is 9.48. The molecule has 0 N–H and O–H groups in total. The largest absolute Gasteiger partial charge is 0.302 e. The lowest BCUT2D eigenvalue weighted by molar-refractivity contribution is 0.587. The average Bonchev–Trinajstić information content (AvgIpc) is 3.07. The third-order valence-corrected chi connectivity index (χ3v) is 6.26. The highest BCUT2D eigenvalue weighted by Crippen LogP contribution is 2.35. The SMILES string of the molecule is O=S(=O)(c1ccccc1)C(c1ccccc1)c1cnc2ccccn12. The van der Waals surface area contributed by atoms with E-state index in [9.17, 15) is 8.42 Å². The molecule has 0 saturated carbocycles. The van der Waals surface area contributed by atoms with Crippen LogP contribution in [0.2, 0.25) is 0 Å². The van der Waals surface area contributed by atoms with Gasteiger partial charge in [0.05, 0.1) is 16.8 Å². The lowest BCUT2D eigenvalue weighted by atomic mass is 10.1. The van der Waals surface area contributed by atoms with Crippen molar-refractivity contribution in [1.82, 2.24) is 9.38 Å². The summed E-state index contributed by atoms with van der Waals surface area (Å²) in [5, 5.41) is -0.825. The molecule has 0 spiro atoms. The Kier molecular flexibility index (Phi) is 3.86. The van der Waals surface area contributed by atoms with Gasteiger partial charge in [-0.1, -0.05) is 54.6 Å². The number of sulfone groups is 1. The Labute approximate surface area is 146 Å². The van der Waals surface area contributed by atoms with E-state index in [1.807, 2.05) is 65.2 Å². The number of imidazole rings is 1. The molecule has 124 valence electrons. The molecule has 0 amide bonds. The molecule has 2 aromatic heterocycles. The van der Waals surface area contributed by atoms with E-state index < -0.39 is 15.1 Å². The van der Waals surface area contributed by atoms with Crippen LogP contribution in [-0.4, -0.2) is 17.8 Å². The summed E-state index contributed by atoms with van der Waals surface area (Å²) in [5.41, 5.74) is 2.07. The summed E-state index contributed by atoms with van der Waals surface area (Å²) in [4.78, 5) is 4.67. The first-order chi connectivity index (χ1) is 12.2. The van der Waals surface area contributed by atoms with Crippen molar-refractivity contribution in [2.75, 3.05) is 0 Å². The number of nitrogens with zero attached hydrogens (tertiary/aromatic N) is 2. The van der Waals surface area contributed by atoms with E-state index in [2.05, 4.69) is 4.98 Å². The fourth-order valence-electron chi connectivity index (χ4n) is 3.03. The third kappa shape index (κ3) is 2.72. The van der Waals surface area contributed by atoms with E-state index in [0.717, 1.165) is 11.2 Å². The van der Waals surface area contributed by atoms with Gasteiger partial charge in [0.25, 0.3) is 0 Å². The molecule has 4 rings (SSSR count).